The van der Waals surface area contributed by atoms with Crippen molar-refractivity contribution in [3.05, 3.63) is 23.9 Å². The average Bonchev–Trinajstić information content (AvgIpc) is 3.22. The van der Waals surface area contributed by atoms with Crippen LogP contribution in [0.25, 0.3) is 0 Å². The highest BCUT2D eigenvalue weighted by Crippen LogP contribution is 2.23. The summed E-state index contributed by atoms with van der Waals surface area (Å²) in [6.45, 7) is 1.07. The zero-order valence-corrected chi connectivity index (χ0v) is 10.7. The third-order valence-corrected chi connectivity index (χ3v) is 2.78. The van der Waals surface area contributed by atoms with Crippen molar-refractivity contribution < 1.29 is 9.59 Å². The zero-order valence-electron chi connectivity index (χ0n) is 10.7. The highest BCUT2D eigenvalue weighted by atomic mass is 16.2. The van der Waals surface area contributed by atoms with Crippen LogP contribution in [-0.4, -0.2) is 36.4 Å². The van der Waals surface area contributed by atoms with Gasteiger partial charge in [0.1, 0.15) is 11.5 Å². The molecule has 0 bridgehead atoms. The number of rotatable bonds is 8. The number of aromatic nitrogens is 1. The van der Waals surface area contributed by atoms with E-state index in [1.54, 1.807) is 6.07 Å². The van der Waals surface area contributed by atoms with Gasteiger partial charge in [0.15, 0.2) is 0 Å². The molecule has 0 radical (unpaired) electrons. The van der Waals surface area contributed by atoms with Gasteiger partial charge in [-0.1, -0.05) is 6.07 Å². The summed E-state index contributed by atoms with van der Waals surface area (Å²) in [6.07, 6.45) is 3.69. The first-order valence-electron chi connectivity index (χ1n) is 6.48. The van der Waals surface area contributed by atoms with E-state index in [1.807, 2.05) is 12.1 Å². The Kier molecular flexibility index (Phi) is 4.72. The van der Waals surface area contributed by atoms with Crippen molar-refractivity contribution in [2.75, 3.05) is 18.4 Å². The van der Waals surface area contributed by atoms with Gasteiger partial charge < -0.3 is 16.0 Å². The Morgan fingerprint density at radius 3 is 2.95 bits per heavy atom. The van der Waals surface area contributed by atoms with Crippen LogP contribution >= 0.6 is 0 Å². The topological polar surface area (TPSA) is 83.1 Å². The van der Waals surface area contributed by atoms with Crippen LogP contribution in [0.1, 0.15) is 29.8 Å². The van der Waals surface area contributed by atoms with Crippen molar-refractivity contribution in [2.45, 2.75) is 25.3 Å². The number of carbonyl (C=O) groups excluding carboxylic acids is 2. The van der Waals surface area contributed by atoms with Crippen molar-refractivity contribution >= 4 is 18.1 Å². The summed E-state index contributed by atoms with van der Waals surface area (Å²) in [6, 6.07) is 5.89. The van der Waals surface area contributed by atoms with Crippen LogP contribution in [0.2, 0.25) is 0 Å². The fourth-order valence-electron chi connectivity index (χ4n) is 1.62. The summed E-state index contributed by atoms with van der Waals surface area (Å²) in [7, 11) is 0. The van der Waals surface area contributed by atoms with E-state index in [9.17, 15) is 9.59 Å². The molecule has 1 aliphatic rings. The lowest BCUT2D eigenvalue weighted by molar-refractivity contribution is -0.109. The highest BCUT2D eigenvalue weighted by Gasteiger charge is 2.21. The second-order valence-corrected chi connectivity index (χ2v) is 4.51. The molecule has 1 fully saturated rings. The summed E-state index contributed by atoms with van der Waals surface area (Å²) >= 11 is 0. The molecule has 0 aliphatic heterocycles. The number of hydrogen-bond donors (Lipinski definition) is 3. The minimum atomic E-state index is -0.189. The van der Waals surface area contributed by atoms with Crippen molar-refractivity contribution in [1.29, 1.82) is 0 Å². The van der Waals surface area contributed by atoms with Gasteiger partial charge in [0, 0.05) is 19.1 Å². The first kappa shape index (κ1) is 13.3. The molecule has 1 aliphatic carbocycles. The van der Waals surface area contributed by atoms with E-state index in [-0.39, 0.29) is 5.91 Å². The minimum absolute atomic E-state index is 0.189. The number of pyridine rings is 1. The van der Waals surface area contributed by atoms with E-state index in [4.69, 9.17) is 0 Å². The second-order valence-electron chi connectivity index (χ2n) is 4.51. The van der Waals surface area contributed by atoms with Gasteiger partial charge in [-0.3, -0.25) is 9.59 Å². The fraction of sp³-hybridized carbons (Fsp3) is 0.462. The van der Waals surface area contributed by atoms with Crippen LogP contribution in [0, 0.1) is 0 Å². The van der Waals surface area contributed by atoms with Gasteiger partial charge in [-0.05, 0) is 31.4 Å². The lowest BCUT2D eigenvalue weighted by atomic mass is 10.3. The molecular formula is C13H18N4O2. The summed E-state index contributed by atoms with van der Waals surface area (Å²) in [5.74, 6) is 0.559. The first-order valence-corrected chi connectivity index (χ1v) is 6.48. The van der Waals surface area contributed by atoms with Gasteiger partial charge in [-0.25, -0.2) is 4.98 Å². The third-order valence-electron chi connectivity index (χ3n) is 2.78. The van der Waals surface area contributed by atoms with E-state index in [1.165, 1.54) is 12.8 Å². The van der Waals surface area contributed by atoms with Crippen LogP contribution in [0.3, 0.4) is 0 Å². The molecule has 0 unspecified atom stereocenters. The average molecular weight is 262 g/mol. The standard InChI is InChI=1S/C13H18N4O2/c18-9-14-7-2-8-15-13(19)11-3-1-4-12(17-11)16-10-5-6-10/h1,3-4,9-10H,2,5-8H2,(H,14,18)(H,15,19)(H,16,17). The molecule has 1 heterocycles. The summed E-state index contributed by atoms with van der Waals surface area (Å²) < 4.78 is 0. The van der Waals surface area contributed by atoms with Gasteiger partial charge in [0.2, 0.25) is 6.41 Å². The van der Waals surface area contributed by atoms with E-state index < -0.39 is 0 Å². The van der Waals surface area contributed by atoms with Crippen molar-refractivity contribution in [1.82, 2.24) is 15.6 Å². The van der Waals surface area contributed by atoms with Gasteiger partial charge in [-0.15, -0.1) is 0 Å². The molecule has 102 valence electrons. The predicted molar refractivity (Wildman–Crippen MR) is 71.9 cm³/mol. The Labute approximate surface area is 112 Å². The quantitative estimate of drug-likeness (QED) is 0.471. The molecule has 6 nitrogen and oxygen atoms in total. The molecule has 2 rings (SSSR count). The predicted octanol–water partition coefficient (Wildman–Crippen LogP) is 0.522. The Morgan fingerprint density at radius 1 is 1.37 bits per heavy atom. The van der Waals surface area contributed by atoms with Gasteiger partial charge in [0.05, 0.1) is 0 Å². The second kappa shape index (κ2) is 6.72. The Balaban J connectivity index is 1.78. The largest absolute Gasteiger partial charge is 0.367 e. The molecule has 6 heteroatoms. The smallest absolute Gasteiger partial charge is 0.269 e. The summed E-state index contributed by atoms with van der Waals surface area (Å²) in [5, 5.41) is 8.57. The van der Waals surface area contributed by atoms with E-state index in [0.717, 1.165) is 5.82 Å². The van der Waals surface area contributed by atoms with E-state index in [0.29, 0.717) is 37.7 Å². The number of nitrogens with zero attached hydrogens (tertiary/aromatic N) is 1. The number of anilines is 1. The molecule has 0 saturated heterocycles. The number of hydrogen-bond acceptors (Lipinski definition) is 4. The lowest BCUT2D eigenvalue weighted by Gasteiger charge is -2.07. The number of carbonyl (C=O) groups is 2. The molecule has 0 spiro atoms. The third kappa shape index (κ3) is 4.57. The molecule has 0 aromatic carbocycles. The zero-order chi connectivity index (χ0) is 13.5. The maximum Gasteiger partial charge on any atom is 0.269 e. The highest BCUT2D eigenvalue weighted by molar-refractivity contribution is 5.92. The molecule has 3 N–H and O–H groups in total. The van der Waals surface area contributed by atoms with Crippen LogP contribution in [0.5, 0.6) is 0 Å². The van der Waals surface area contributed by atoms with Crippen LogP contribution in [-0.2, 0) is 4.79 Å². The maximum absolute atomic E-state index is 11.8. The van der Waals surface area contributed by atoms with Crippen molar-refractivity contribution in [2.24, 2.45) is 0 Å². The first-order chi connectivity index (χ1) is 9.29. The SMILES string of the molecule is O=CNCCCNC(=O)c1cccc(NC2CC2)n1. The van der Waals surface area contributed by atoms with Gasteiger partial charge >= 0.3 is 0 Å². The maximum atomic E-state index is 11.8. The number of nitrogens with one attached hydrogen (secondary N) is 3. The molecule has 1 saturated carbocycles. The summed E-state index contributed by atoms with van der Waals surface area (Å²) in [4.78, 5) is 26.2. The van der Waals surface area contributed by atoms with Crippen molar-refractivity contribution in [3.63, 3.8) is 0 Å². The summed E-state index contributed by atoms with van der Waals surface area (Å²) in [5.41, 5.74) is 0.411. The van der Waals surface area contributed by atoms with Crippen molar-refractivity contribution in [3.8, 4) is 0 Å². The molecule has 2 amide bonds. The Bertz CT molecular complexity index is 446. The minimum Gasteiger partial charge on any atom is -0.367 e. The van der Waals surface area contributed by atoms with Gasteiger partial charge in [0.25, 0.3) is 5.91 Å². The molecule has 1 aromatic heterocycles. The van der Waals surface area contributed by atoms with Crippen LogP contribution < -0.4 is 16.0 Å². The van der Waals surface area contributed by atoms with E-state index in [2.05, 4.69) is 20.9 Å². The van der Waals surface area contributed by atoms with E-state index >= 15 is 0 Å². The Hall–Kier alpha value is -2.11. The molecule has 19 heavy (non-hydrogen) atoms. The number of amides is 2. The monoisotopic (exact) mass is 262 g/mol. The lowest BCUT2D eigenvalue weighted by Crippen LogP contribution is -2.27. The van der Waals surface area contributed by atoms with Crippen LogP contribution in [0.4, 0.5) is 5.82 Å². The Morgan fingerprint density at radius 2 is 2.21 bits per heavy atom. The molecular weight excluding hydrogens is 244 g/mol. The fourth-order valence-corrected chi connectivity index (χ4v) is 1.62. The normalized spacial score (nSPS) is 13.7. The van der Waals surface area contributed by atoms with Crippen LogP contribution in [0.15, 0.2) is 18.2 Å². The molecule has 1 aromatic rings. The van der Waals surface area contributed by atoms with Gasteiger partial charge in [-0.2, -0.15) is 0 Å². The molecule has 0 atom stereocenters.